The van der Waals surface area contributed by atoms with Gasteiger partial charge in [-0.15, -0.1) is 0 Å². The number of hydrogen-bond donors (Lipinski definition) is 3. The van der Waals surface area contributed by atoms with Crippen LogP contribution in [0.5, 0.6) is 0 Å². The molecule has 0 bridgehead atoms. The first kappa shape index (κ1) is 18.6. The van der Waals surface area contributed by atoms with Gasteiger partial charge in [0.1, 0.15) is 5.60 Å². The van der Waals surface area contributed by atoms with Gasteiger partial charge in [0.2, 0.25) is 0 Å². The third-order valence-electron chi connectivity index (χ3n) is 3.42. The van der Waals surface area contributed by atoms with Crippen LogP contribution in [0.15, 0.2) is 36.9 Å². The minimum Gasteiger partial charge on any atom is -0.444 e. The Kier molecular flexibility index (Phi) is 6.27. The van der Waals surface area contributed by atoms with Gasteiger partial charge < -0.3 is 20.4 Å². The highest BCUT2D eigenvalue weighted by Crippen LogP contribution is 2.23. The summed E-state index contributed by atoms with van der Waals surface area (Å²) in [6, 6.07) is 5.33. The molecule has 2 rings (SSSR count). The summed E-state index contributed by atoms with van der Waals surface area (Å²) < 4.78 is 7.31. The van der Waals surface area contributed by atoms with Gasteiger partial charge in [0.25, 0.3) is 0 Å². The Bertz CT molecular complexity index is 677. The van der Waals surface area contributed by atoms with Crippen molar-refractivity contribution in [1.29, 1.82) is 0 Å². The van der Waals surface area contributed by atoms with Crippen molar-refractivity contribution in [2.24, 2.45) is 0 Å². The standard InChI is InChI=1S/C18H27N5O2/c1-18(2,3)25-17(24)22-14-6-7-15(19)16(12-14)21-8-4-5-10-23-11-9-20-13-23/h6-7,9,11-13,21H,4-5,8,10,19H2,1-3H3,(H,22,24). The molecular formula is C18H27N5O2. The van der Waals surface area contributed by atoms with Gasteiger partial charge in [0.05, 0.1) is 17.7 Å². The summed E-state index contributed by atoms with van der Waals surface area (Å²) in [6.07, 6.45) is 7.11. The first-order valence-corrected chi connectivity index (χ1v) is 8.42. The molecule has 0 aliphatic carbocycles. The van der Waals surface area contributed by atoms with Crippen LogP contribution < -0.4 is 16.4 Å². The molecule has 0 saturated carbocycles. The lowest BCUT2D eigenvalue weighted by molar-refractivity contribution is 0.0636. The number of anilines is 3. The summed E-state index contributed by atoms with van der Waals surface area (Å²) in [5.74, 6) is 0. The molecule has 0 aliphatic rings. The summed E-state index contributed by atoms with van der Waals surface area (Å²) >= 11 is 0. The van der Waals surface area contributed by atoms with Gasteiger partial charge in [-0.2, -0.15) is 0 Å². The molecule has 7 heteroatoms. The zero-order valence-electron chi connectivity index (χ0n) is 15.1. The monoisotopic (exact) mass is 345 g/mol. The van der Waals surface area contributed by atoms with Crippen molar-refractivity contribution < 1.29 is 9.53 Å². The van der Waals surface area contributed by atoms with Crippen molar-refractivity contribution in [3.8, 4) is 0 Å². The number of imidazole rings is 1. The minimum atomic E-state index is -0.534. The van der Waals surface area contributed by atoms with E-state index in [-0.39, 0.29) is 0 Å². The van der Waals surface area contributed by atoms with Crippen LogP contribution in [0.1, 0.15) is 33.6 Å². The van der Waals surface area contributed by atoms with E-state index in [0.717, 1.165) is 31.6 Å². The maximum Gasteiger partial charge on any atom is 0.412 e. The molecule has 0 radical (unpaired) electrons. The van der Waals surface area contributed by atoms with Gasteiger partial charge in [-0.25, -0.2) is 9.78 Å². The van der Waals surface area contributed by atoms with E-state index in [9.17, 15) is 4.79 Å². The van der Waals surface area contributed by atoms with Crippen LogP contribution in [0.2, 0.25) is 0 Å². The van der Waals surface area contributed by atoms with Crippen molar-refractivity contribution in [3.63, 3.8) is 0 Å². The van der Waals surface area contributed by atoms with E-state index in [1.807, 2.05) is 39.4 Å². The maximum atomic E-state index is 11.8. The van der Waals surface area contributed by atoms with Crippen LogP contribution in [-0.2, 0) is 11.3 Å². The highest BCUT2D eigenvalue weighted by atomic mass is 16.6. The second kappa shape index (κ2) is 8.41. The number of unbranched alkanes of at least 4 members (excludes halogenated alkanes) is 1. The van der Waals surface area contributed by atoms with Crippen LogP contribution in [0.4, 0.5) is 21.9 Å². The number of hydrogen-bond acceptors (Lipinski definition) is 5. The third kappa shape index (κ3) is 6.74. The molecule has 0 atom stereocenters. The fourth-order valence-electron chi connectivity index (χ4n) is 2.27. The Labute approximate surface area is 148 Å². The summed E-state index contributed by atoms with van der Waals surface area (Å²) in [5, 5.41) is 6.03. The Morgan fingerprint density at radius 3 is 2.80 bits per heavy atom. The van der Waals surface area contributed by atoms with Crippen LogP contribution in [0, 0.1) is 0 Å². The van der Waals surface area contributed by atoms with E-state index in [1.54, 1.807) is 18.3 Å². The molecule has 1 amide bonds. The van der Waals surface area contributed by atoms with Crippen molar-refractivity contribution in [1.82, 2.24) is 9.55 Å². The van der Waals surface area contributed by atoms with E-state index in [1.165, 1.54) is 0 Å². The second-order valence-electron chi connectivity index (χ2n) is 6.86. The summed E-state index contributed by atoms with van der Waals surface area (Å²) in [7, 11) is 0. The highest BCUT2D eigenvalue weighted by molar-refractivity contribution is 5.87. The van der Waals surface area contributed by atoms with Crippen LogP contribution >= 0.6 is 0 Å². The number of nitrogens with zero attached hydrogens (tertiary/aromatic N) is 2. The zero-order chi connectivity index (χ0) is 18.3. The number of rotatable bonds is 7. The second-order valence-corrected chi connectivity index (χ2v) is 6.86. The number of ether oxygens (including phenoxy) is 1. The zero-order valence-corrected chi connectivity index (χ0v) is 15.1. The molecule has 7 nitrogen and oxygen atoms in total. The van der Waals surface area contributed by atoms with E-state index < -0.39 is 11.7 Å². The normalized spacial score (nSPS) is 11.2. The molecule has 2 aromatic rings. The van der Waals surface area contributed by atoms with E-state index >= 15 is 0 Å². The molecule has 0 spiro atoms. The van der Waals surface area contributed by atoms with Gasteiger partial charge >= 0.3 is 6.09 Å². The van der Waals surface area contributed by atoms with E-state index in [2.05, 4.69) is 20.2 Å². The smallest absolute Gasteiger partial charge is 0.412 e. The van der Waals surface area contributed by atoms with Crippen LogP contribution in [0.3, 0.4) is 0 Å². The Morgan fingerprint density at radius 1 is 1.32 bits per heavy atom. The number of aryl methyl sites for hydroxylation is 1. The molecule has 0 aliphatic heterocycles. The number of nitrogens with two attached hydrogens (primary N) is 1. The van der Waals surface area contributed by atoms with Crippen molar-refractivity contribution in [2.75, 3.05) is 22.9 Å². The fourth-order valence-corrected chi connectivity index (χ4v) is 2.27. The van der Waals surface area contributed by atoms with E-state index in [4.69, 9.17) is 10.5 Å². The Hall–Kier alpha value is -2.70. The lowest BCUT2D eigenvalue weighted by Gasteiger charge is -2.20. The highest BCUT2D eigenvalue weighted by Gasteiger charge is 2.16. The SMILES string of the molecule is CC(C)(C)OC(=O)Nc1ccc(N)c(NCCCCn2ccnc2)c1. The lowest BCUT2D eigenvalue weighted by atomic mass is 10.2. The van der Waals surface area contributed by atoms with Crippen molar-refractivity contribution in [3.05, 3.63) is 36.9 Å². The number of nitrogens with one attached hydrogen (secondary N) is 2. The summed E-state index contributed by atoms with van der Waals surface area (Å²) in [4.78, 5) is 15.9. The number of aromatic nitrogens is 2. The van der Waals surface area contributed by atoms with E-state index in [0.29, 0.717) is 11.4 Å². The molecule has 136 valence electrons. The first-order chi connectivity index (χ1) is 11.8. The van der Waals surface area contributed by atoms with Gasteiger partial charge in [0, 0.05) is 31.2 Å². The van der Waals surface area contributed by atoms with Gasteiger partial charge in [-0.05, 0) is 51.8 Å². The molecular weight excluding hydrogens is 318 g/mol. The Morgan fingerprint density at radius 2 is 2.12 bits per heavy atom. The third-order valence-corrected chi connectivity index (χ3v) is 3.42. The van der Waals surface area contributed by atoms with Crippen molar-refractivity contribution >= 4 is 23.2 Å². The van der Waals surface area contributed by atoms with Gasteiger partial charge in [-0.1, -0.05) is 0 Å². The molecule has 0 fully saturated rings. The van der Waals surface area contributed by atoms with Gasteiger partial charge in [-0.3, -0.25) is 5.32 Å². The molecule has 4 N–H and O–H groups in total. The quantitative estimate of drug-likeness (QED) is 0.525. The predicted octanol–water partition coefficient (Wildman–Crippen LogP) is 3.70. The maximum absolute atomic E-state index is 11.8. The largest absolute Gasteiger partial charge is 0.444 e. The number of carbonyl (C=O) groups is 1. The fraction of sp³-hybridized carbons (Fsp3) is 0.444. The predicted molar refractivity (Wildman–Crippen MR) is 101 cm³/mol. The average molecular weight is 345 g/mol. The van der Waals surface area contributed by atoms with Gasteiger partial charge in [0.15, 0.2) is 0 Å². The summed E-state index contributed by atoms with van der Waals surface area (Å²) in [6.45, 7) is 7.22. The van der Waals surface area contributed by atoms with Crippen molar-refractivity contribution in [2.45, 2.75) is 45.8 Å². The molecule has 1 heterocycles. The number of nitrogen functional groups attached to an aromatic ring is 1. The summed E-state index contributed by atoms with van der Waals surface area (Å²) in [5.41, 5.74) is 7.55. The Balaban J connectivity index is 1.80. The number of amides is 1. The lowest BCUT2D eigenvalue weighted by Crippen LogP contribution is -2.27. The topological polar surface area (TPSA) is 94.2 Å². The van der Waals surface area contributed by atoms with Crippen LogP contribution in [-0.4, -0.2) is 27.8 Å². The molecule has 25 heavy (non-hydrogen) atoms. The average Bonchev–Trinajstić information content (AvgIpc) is 3.01. The molecule has 0 unspecified atom stereocenters. The molecule has 0 saturated heterocycles. The molecule has 1 aromatic carbocycles. The first-order valence-electron chi connectivity index (χ1n) is 8.42. The minimum absolute atomic E-state index is 0.483. The molecule has 1 aromatic heterocycles. The number of benzene rings is 1. The number of carbonyl (C=O) groups excluding carboxylic acids is 1. The van der Waals surface area contributed by atoms with Crippen LogP contribution in [0.25, 0.3) is 0 Å².